The third-order valence-corrected chi connectivity index (χ3v) is 2.78. The molecule has 0 bridgehead atoms. The quantitative estimate of drug-likeness (QED) is 0.343. The van der Waals surface area contributed by atoms with Crippen molar-refractivity contribution < 1.29 is 9.59 Å². The van der Waals surface area contributed by atoms with E-state index in [1.807, 2.05) is 0 Å². The maximum atomic E-state index is 11.1. The molecule has 0 saturated carbocycles. The maximum absolute atomic E-state index is 11.1. The third-order valence-electron chi connectivity index (χ3n) is 2.78. The van der Waals surface area contributed by atoms with Gasteiger partial charge in [0.25, 0.3) is 0 Å². The fourth-order valence-electron chi connectivity index (χ4n) is 1.67. The van der Waals surface area contributed by atoms with E-state index in [-0.39, 0.29) is 0 Å². The number of amides is 4. The summed E-state index contributed by atoms with van der Waals surface area (Å²) in [5, 5.41) is 1.54. The van der Waals surface area contributed by atoms with E-state index in [0.29, 0.717) is 22.8 Å². The lowest BCUT2D eigenvalue weighted by atomic mass is 10.2. The Morgan fingerprint density at radius 1 is 0.818 bits per heavy atom. The van der Waals surface area contributed by atoms with Crippen molar-refractivity contribution in [3.05, 3.63) is 36.7 Å². The average molecular weight is 302 g/mol. The van der Waals surface area contributed by atoms with Gasteiger partial charge < -0.3 is 11.5 Å². The van der Waals surface area contributed by atoms with Crippen molar-refractivity contribution in [3.63, 3.8) is 0 Å². The van der Waals surface area contributed by atoms with Gasteiger partial charge in [0.1, 0.15) is 0 Å². The van der Waals surface area contributed by atoms with E-state index in [9.17, 15) is 9.59 Å². The van der Waals surface area contributed by atoms with Gasteiger partial charge in [0.15, 0.2) is 0 Å². The van der Waals surface area contributed by atoms with Crippen LogP contribution in [0.2, 0.25) is 0 Å². The highest BCUT2D eigenvalue weighted by Crippen LogP contribution is 2.22. The molecule has 10 nitrogen and oxygen atoms in total. The Balaban J connectivity index is 2.40. The van der Waals surface area contributed by atoms with Crippen molar-refractivity contribution in [2.75, 3.05) is 10.0 Å². The lowest BCUT2D eigenvalue weighted by Gasteiger charge is -2.15. The summed E-state index contributed by atoms with van der Waals surface area (Å²) < 4.78 is 0. The normalized spacial score (nSPS) is 10.1. The van der Waals surface area contributed by atoms with Gasteiger partial charge in [-0.15, -0.1) is 0 Å². The topological polar surface area (TPSA) is 170 Å². The van der Waals surface area contributed by atoms with Crippen LogP contribution in [0.15, 0.2) is 36.7 Å². The molecule has 22 heavy (non-hydrogen) atoms. The van der Waals surface area contributed by atoms with Crippen molar-refractivity contribution in [3.8, 4) is 11.4 Å². The summed E-state index contributed by atoms with van der Waals surface area (Å²) in [6.07, 6.45) is 2.88. The van der Waals surface area contributed by atoms with E-state index in [1.54, 1.807) is 0 Å². The predicted molar refractivity (Wildman–Crippen MR) is 80.0 cm³/mol. The fraction of sp³-hybridized carbons (Fsp3) is 0. The molecule has 0 fully saturated rings. The molecule has 0 aliphatic carbocycles. The summed E-state index contributed by atoms with van der Waals surface area (Å²) in [4.78, 5) is 30.4. The monoisotopic (exact) mass is 302 g/mol. The number of hydrazine groups is 2. The van der Waals surface area contributed by atoms with Crippen molar-refractivity contribution in [1.29, 1.82) is 0 Å². The standard InChI is InChI=1S/C12H14N8O2/c13-11(21)19(15)7-1-3-17-9(5-7)10-6-8(2-4-18-10)20(16)12(14)22/h1-6H,15-16H2,(H2,13,21)(H2,14,22). The molecule has 0 aliphatic heterocycles. The van der Waals surface area contributed by atoms with E-state index in [0.717, 1.165) is 10.0 Å². The molecule has 0 aliphatic rings. The lowest BCUT2D eigenvalue weighted by molar-refractivity contribution is 0.253. The smallest absolute Gasteiger partial charge is 0.333 e. The zero-order valence-electron chi connectivity index (χ0n) is 11.4. The number of carbonyl (C=O) groups excluding carboxylic acids is 2. The number of primary amides is 2. The van der Waals surface area contributed by atoms with Crippen LogP contribution in [0.4, 0.5) is 21.0 Å². The molecule has 2 heterocycles. The van der Waals surface area contributed by atoms with Gasteiger partial charge in [-0.05, 0) is 24.3 Å². The van der Waals surface area contributed by atoms with Crippen LogP contribution in [0.1, 0.15) is 0 Å². The Kier molecular flexibility index (Phi) is 4.15. The first-order chi connectivity index (χ1) is 10.4. The molecule has 8 N–H and O–H groups in total. The van der Waals surface area contributed by atoms with Crippen LogP contribution in [0.25, 0.3) is 11.4 Å². The van der Waals surface area contributed by atoms with E-state index in [4.69, 9.17) is 23.2 Å². The van der Waals surface area contributed by atoms with Crippen molar-refractivity contribution >= 4 is 23.4 Å². The Bertz CT molecular complexity index is 658. The molecule has 10 heteroatoms. The molecule has 0 unspecified atom stereocenters. The molecule has 0 spiro atoms. The second-order valence-corrected chi connectivity index (χ2v) is 4.22. The van der Waals surface area contributed by atoms with Gasteiger partial charge in [0, 0.05) is 12.4 Å². The molecule has 0 aromatic carbocycles. The Morgan fingerprint density at radius 2 is 1.18 bits per heavy atom. The van der Waals surface area contributed by atoms with E-state index in [1.165, 1.54) is 36.7 Å². The summed E-state index contributed by atoms with van der Waals surface area (Å²) in [5.41, 5.74) is 11.7. The Labute approximate surface area is 125 Å². The number of aromatic nitrogens is 2. The van der Waals surface area contributed by atoms with Crippen LogP contribution < -0.4 is 33.2 Å². The van der Waals surface area contributed by atoms with Crippen molar-refractivity contribution in [1.82, 2.24) is 9.97 Å². The first-order valence-electron chi connectivity index (χ1n) is 6.01. The van der Waals surface area contributed by atoms with Crippen LogP contribution in [0.5, 0.6) is 0 Å². The molecule has 114 valence electrons. The summed E-state index contributed by atoms with van der Waals surface area (Å²) >= 11 is 0. The van der Waals surface area contributed by atoms with E-state index < -0.39 is 12.1 Å². The first kappa shape index (κ1) is 15.2. The Morgan fingerprint density at radius 3 is 1.50 bits per heavy atom. The second kappa shape index (κ2) is 6.03. The molecule has 2 aromatic rings. The van der Waals surface area contributed by atoms with Crippen LogP contribution in [0.3, 0.4) is 0 Å². The number of nitrogens with two attached hydrogens (primary N) is 4. The number of hydrogen-bond donors (Lipinski definition) is 4. The summed E-state index contributed by atoms with van der Waals surface area (Å²) in [6.45, 7) is 0. The Hall–Kier alpha value is -3.24. The van der Waals surface area contributed by atoms with Gasteiger partial charge in [-0.25, -0.2) is 31.3 Å². The fourth-order valence-corrected chi connectivity index (χ4v) is 1.67. The van der Waals surface area contributed by atoms with E-state index >= 15 is 0 Å². The number of pyridine rings is 2. The molecular formula is C12H14N8O2. The largest absolute Gasteiger partial charge is 0.350 e. The number of anilines is 2. The van der Waals surface area contributed by atoms with Crippen LogP contribution in [-0.2, 0) is 0 Å². The van der Waals surface area contributed by atoms with Crippen LogP contribution in [-0.4, -0.2) is 22.0 Å². The lowest BCUT2D eigenvalue weighted by Crippen LogP contribution is -2.41. The molecule has 0 radical (unpaired) electrons. The van der Waals surface area contributed by atoms with Gasteiger partial charge in [-0.2, -0.15) is 0 Å². The zero-order valence-corrected chi connectivity index (χ0v) is 11.4. The van der Waals surface area contributed by atoms with Gasteiger partial charge in [-0.1, -0.05) is 0 Å². The summed E-state index contributed by atoms with van der Waals surface area (Å²) in [5.74, 6) is 11.0. The highest BCUT2D eigenvalue weighted by atomic mass is 16.2. The van der Waals surface area contributed by atoms with Gasteiger partial charge >= 0.3 is 12.1 Å². The minimum Gasteiger partial charge on any atom is -0.350 e. The molecule has 2 rings (SSSR count). The van der Waals surface area contributed by atoms with Crippen molar-refractivity contribution in [2.24, 2.45) is 23.2 Å². The zero-order chi connectivity index (χ0) is 16.3. The highest BCUT2D eigenvalue weighted by molar-refractivity contribution is 5.91. The summed E-state index contributed by atoms with van der Waals surface area (Å²) in [6, 6.07) is 4.42. The second-order valence-electron chi connectivity index (χ2n) is 4.22. The minimum absolute atomic E-state index is 0.337. The number of nitrogens with zero attached hydrogens (tertiary/aromatic N) is 4. The summed E-state index contributed by atoms with van der Waals surface area (Å²) in [7, 11) is 0. The van der Waals surface area contributed by atoms with Gasteiger partial charge in [0.05, 0.1) is 22.8 Å². The van der Waals surface area contributed by atoms with Gasteiger partial charge in [-0.3, -0.25) is 9.97 Å². The third kappa shape index (κ3) is 3.08. The number of rotatable bonds is 3. The van der Waals surface area contributed by atoms with Crippen molar-refractivity contribution in [2.45, 2.75) is 0 Å². The minimum atomic E-state index is -0.819. The van der Waals surface area contributed by atoms with Crippen LogP contribution >= 0.6 is 0 Å². The number of urea groups is 2. The predicted octanol–water partition coefficient (Wildman–Crippen LogP) is -0.339. The first-order valence-corrected chi connectivity index (χ1v) is 6.01. The molecule has 0 saturated heterocycles. The molecule has 4 amide bonds. The number of hydrogen-bond acceptors (Lipinski definition) is 6. The average Bonchev–Trinajstić information content (AvgIpc) is 2.53. The van der Waals surface area contributed by atoms with Crippen LogP contribution in [0, 0.1) is 0 Å². The molecule has 0 atom stereocenters. The highest BCUT2D eigenvalue weighted by Gasteiger charge is 2.12. The maximum Gasteiger partial charge on any atom is 0.333 e. The number of carbonyl (C=O) groups is 2. The van der Waals surface area contributed by atoms with E-state index in [2.05, 4.69) is 9.97 Å². The molecular weight excluding hydrogens is 288 g/mol. The SMILES string of the molecule is NC(=O)N(N)c1ccnc(-c2cc(N(N)C(N)=O)ccn2)c1. The van der Waals surface area contributed by atoms with Gasteiger partial charge in [0.2, 0.25) is 0 Å². The molecule has 2 aromatic heterocycles.